The highest BCUT2D eigenvalue weighted by Gasteiger charge is 2.52. The molecule has 2 atom stereocenters. The maximum Gasteiger partial charge on any atom is 0.325 e. The number of ketones is 1. The number of rotatable bonds is 9. The standard InChI is InChI=1S/C26H32FN3O4/c1-4-5-12-26(19-8-10-20(27)11-9-19)24(32)30(25(33)28-26)16-23(31)22-14-17(2)29(18(22)3)15-21-7-6-13-34-21/h8-11,14,21H,4-7,12-13,15-16H2,1-3H3,(H,28,33)/t21-,26-/m0/s1. The molecule has 7 nitrogen and oxygen atoms in total. The molecule has 2 aromatic rings. The van der Waals surface area contributed by atoms with Gasteiger partial charge in [-0.05, 0) is 56.9 Å². The van der Waals surface area contributed by atoms with Gasteiger partial charge >= 0.3 is 6.03 Å². The van der Waals surface area contributed by atoms with Crippen LogP contribution in [0, 0.1) is 19.7 Å². The first-order valence-electron chi connectivity index (χ1n) is 12.0. The molecule has 2 fully saturated rings. The molecule has 2 saturated heterocycles. The number of hydrogen-bond donors (Lipinski definition) is 1. The minimum atomic E-state index is -1.29. The minimum absolute atomic E-state index is 0.133. The van der Waals surface area contributed by atoms with E-state index in [2.05, 4.69) is 9.88 Å². The SMILES string of the molecule is CCCC[C@@]1(c2ccc(F)cc2)NC(=O)N(CC(=O)c2cc(C)n(C[C@@H]3CCCO3)c2C)C1=O. The molecule has 34 heavy (non-hydrogen) atoms. The number of nitrogens with zero attached hydrogens (tertiary/aromatic N) is 2. The second-order valence-electron chi connectivity index (χ2n) is 9.29. The van der Waals surface area contributed by atoms with E-state index in [1.807, 2.05) is 26.8 Å². The van der Waals surface area contributed by atoms with Crippen molar-refractivity contribution in [2.45, 2.75) is 71.1 Å². The van der Waals surface area contributed by atoms with E-state index < -0.39 is 23.3 Å². The van der Waals surface area contributed by atoms with Gasteiger partial charge in [-0.1, -0.05) is 31.9 Å². The summed E-state index contributed by atoms with van der Waals surface area (Å²) in [5.74, 6) is -1.18. The van der Waals surface area contributed by atoms with Gasteiger partial charge in [-0.3, -0.25) is 14.5 Å². The van der Waals surface area contributed by atoms with Crippen molar-refractivity contribution in [1.82, 2.24) is 14.8 Å². The summed E-state index contributed by atoms with van der Waals surface area (Å²) < 4.78 is 21.3. The van der Waals surface area contributed by atoms with Crippen LogP contribution < -0.4 is 5.32 Å². The second kappa shape index (κ2) is 9.70. The topological polar surface area (TPSA) is 80.6 Å². The van der Waals surface area contributed by atoms with Gasteiger partial charge in [0, 0.05) is 30.1 Å². The van der Waals surface area contributed by atoms with Crippen molar-refractivity contribution in [3.8, 4) is 0 Å². The smallest absolute Gasteiger partial charge is 0.325 e. The Labute approximate surface area is 199 Å². The Morgan fingerprint density at radius 2 is 1.97 bits per heavy atom. The molecule has 0 radical (unpaired) electrons. The molecule has 0 saturated carbocycles. The summed E-state index contributed by atoms with van der Waals surface area (Å²) in [6.45, 7) is 6.91. The largest absolute Gasteiger partial charge is 0.376 e. The van der Waals surface area contributed by atoms with Crippen LogP contribution in [0.25, 0.3) is 0 Å². The number of halogens is 1. The third kappa shape index (κ3) is 4.39. The molecular weight excluding hydrogens is 437 g/mol. The zero-order chi connectivity index (χ0) is 24.5. The molecule has 2 aliphatic rings. The molecule has 4 rings (SSSR count). The average Bonchev–Trinajstić information content (AvgIpc) is 3.49. The number of urea groups is 1. The van der Waals surface area contributed by atoms with Gasteiger partial charge in [-0.15, -0.1) is 0 Å². The Balaban J connectivity index is 1.57. The molecule has 0 aliphatic carbocycles. The summed E-state index contributed by atoms with van der Waals surface area (Å²) in [6.07, 6.45) is 4.05. The first kappa shape index (κ1) is 24.1. The van der Waals surface area contributed by atoms with Gasteiger partial charge in [0.25, 0.3) is 5.91 Å². The highest BCUT2D eigenvalue weighted by atomic mass is 19.1. The number of aromatic nitrogens is 1. The molecule has 182 valence electrons. The van der Waals surface area contributed by atoms with Crippen molar-refractivity contribution in [3.63, 3.8) is 0 Å². The molecule has 3 heterocycles. The third-order valence-electron chi connectivity index (χ3n) is 7.00. The van der Waals surface area contributed by atoms with Crippen LogP contribution in [0.5, 0.6) is 0 Å². The predicted molar refractivity (Wildman–Crippen MR) is 125 cm³/mol. The summed E-state index contributed by atoms with van der Waals surface area (Å²) in [5.41, 5.74) is 1.48. The zero-order valence-electron chi connectivity index (χ0n) is 20.0. The summed E-state index contributed by atoms with van der Waals surface area (Å²) in [4.78, 5) is 40.7. The number of aryl methyl sites for hydroxylation is 1. The quantitative estimate of drug-likeness (QED) is 0.440. The van der Waals surface area contributed by atoms with Gasteiger partial charge in [0.2, 0.25) is 0 Å². The van der Waals surface area contributed by atoms with Crippen LogP contribution in [0.3, 0.4) is 0 Å². The van der Waals surface area contributed by atoms with E-state index in [4.69, 9.17) is 4.74 Å². The number of Topliss-reactive ketones (excluding diaryl/α,β-unsaturated/α-hetero) is 1. The maximum absolute atomic E-state index is 13.6. The number of carbonyl (C=O) groups excluding carboxylic acids is 3. The van der Waals surface area contributed by atoms with Gasteiger partial charge in [-0.25, -0.2) is 9.18 Å². The van der Waals surface area contributed by atoms with Crippen LogP contribution in [-0.4, -0.2) is 46.4 Å². The van der Waals surface area contributed by atoms with Crippen LogP contribution in [0.15, 0.2) is 30.3 Å². The van der Waals surface area contributed by atoms with Crippen molar-refractivity contribution in [1.29, 1.82) is 0 Å². The van der Waals surface area contributed by atoms with Crippen molar-refractivity contribution in [2.24, 2.45) is 0 Å². The van der Waals surface area contributed by atoms with E-state index in [9.17, 15) is 18.8 Å². The van der Waals surface area contributed by atoms with Gasteiger partial charge in [0.05, 0.1) is 12.6 Å². The summed E-state index contributed by atoms with van der Waals surface area (Å²) in [6, 6.07) is 6.81. The molecule has 2 aliphatic heterocycles. The molecule has 0 unspecified atom stereocenters. The Bertz CT molecular complexity index is 1090. The minimum Gasteiger partial charge on any atom is -0.376 e. The first-order chi connectivity index (χ1) is 16.3. The highest BCUT2D eigenvalue weighted by molar-refractivity contribution is 6.11. The third-order valence-corrected chi connectivity index (χ3v) is 7.00. The van der Waals surface area contributed by atoms with E-state index in [1.54, 1.807) is 0 Å². The number of benzene rings is 1. The van der Waals surface area contributed by atoms with Gasteiger partial charge in [-0.2, -0.15) is 0 Å². The lowest BCUT2D eigenvalue weighted by Crippen LogP contribution is -2.44. The number of imide groups is 1. The van der Waals surface area contributed by atoms with Gasteiger partial charge in [0.1, 0.15) is 11.4 Å². The van der Waals surface area contributed by atoms with Gasteiger partial charge in [0.15, 0.2) is 5.78 Å². The van der Waals surface area contributed by atoms with Crippen LogP contribution in [0.4, 0.5) is 9.18 Å². The number of carbonyl (C=O) groups is 3. The number of hydrogen-bond acceptors (Lipinski definition) is 4. The molecule has 1 aromatic heterocycles. The van der Waals surface area contributed by atoms with Crippen molar-refractivity contribution in [2.75, 3.05) is 13.2 Å². The fourth-order valence-electron chi connectivity index (χ4n) is 5.04. The van der Waals surface area contributed by atoms with E-state index in [0.717, 1.165) is 42.2 Å². The lowest BCUT2D eigenvalue weighted by Gasteiger charge is -2.27. The molecule has 0 spiro atoms. The summed E-state index contributed by atoms with van der Waals surface area (Å²) >= 11 is 0. The number of amides is 3. The fraction of sp³-hybridized carbons (Fsp3) is 0.500. The molecule has 1 aromatic carbocycles. The van der Waals surface area contributed by atoms with E-state index in [-0.39, 0.29) is 18.4 Å². The van der Waals surface area contributed by atoms with E-state index in [0.29, 0.717) is 30.5 Å². The Morgan fingerprint density at radius 3 is 2.62 bits per heavy atom. The molecule has 1 N–H and O–H groups in total. The van der Waals surface area contributed by atoms with Crippen LogP contribution in [0.2, 0.25) is 0 Å². The van der Waals surface area contributed by atoms with E-state index >= 15 is 0 Å². The number of nitrogens with one attached hydrogen (secondary N) is 1. The van der Waals surface area contributed by atoms with Crippen molar-refractivity contribution >= 4 is 17.7 Å². The molecule has 8 heteroatoms. The lowest BCUT2D eigenvalue weighted by molar-refractivity contribution is -0.131. The van der Waals surface area contributed by atoms with Crippen LogP contribution in [0.1, 0.15) is 66.3 Å². The Morgan fingerprint density at radius 1 is 1.24 bits per heavy atom. The Hall–Kier alpha value is -3.00. The van der Waals surface area contributed by atoms with Crippen molar-refractivity contribution < 1.29 is 23.5 Å². The second-order valence-corrected chi connectivity index (χ2v) is 9.29. The predicted octanol–water partition coefficient (Wildman–Crippen LogP) is 4.24. The van der Waals surface area contributed by atoms with E-state index in [1.165, 1.54) is 24.3 Å². The maximum atomic E-state index is 13.6. The molecular formula is C26H32FN3O4. The average molecular weight is 470 g/mol. The molecule has 3 amide bonds. The van der Waals surface area contributed by atoms with Crippen molar-refractivity contribution in [3.05, 3.63) is 58.7 Å². The normalized spacial score (nSPS) is 22.5. The van der Waals surface area contributed by atoms with Crippen LogP contribution >= 0.6 is 0 Å². The lowest BCUT2D eigenvalue weighted by atomic mass is 9.84. The molecule has 0 bridgehead atoms. The first-order valence-corrected chi connectivity index (χ1v) is 12.0. The number of unbranched alkanes of at least 4 members (excludes halogenated alkanes) is 1. The Kier molecular flexibility index (Phi) is 6.89. The monoisotopic (exact) mass is 469 g/mol. The van der Waals surface area contributed by atoms with Crippen LogP contribution in [-0.2, 0) is 21.6 Å². The highest BCUT2D eigenvalue weighted by Crippen LogP contribution is 2.34. The fourth-order valence-corrected chi connectivity index (χ4v) is 5.04. The zero-order valence-corrected chi connectivity index (χ0v) is 20.0. The number of ether oxygens (including phenoxy) is 1. The summed E-state index contributed by atoms with van der Waals surface area (Å²) in [7, 11) is 0. The summed E-state index contributed by atoms with van der Waals surface area (Å²) in [5, 5.41) is 2.82. The van der Waals surface area contributed by atoms with Gasteiger partial charge < -0.3 is 14.6 Å².